The highest BCUT2D eigenvalue weighted by Crippen LogP contribution is 2.23. The lowest BCUT2D eigenvalue weighted by Gasteiger charge is -2.34. The van der Waals surface area contributed by atoms with Crippen LogP contribution in [0.5, 0.6) is 0 Å². The SMILES string of the molecule is Cc1cccc(NC(=O)NCC(c2ccsc2)N2CCOCC2)c1. The minimum atomic E-state index is -0.172. The Bertz CT molecular complexity index is 654. The van der Waals surface area contributed by atoms with Crippen LogP contribution >= 0.6 is 11.3 Å². The largest absolute Gasteiger partial charge is 0.379 e. The first-order valence-electron chi connectivity index (χ1n) is 8.18. The van der Waals surface area contributed by atoms with Gasteiger partial charge in [0, 0.05) is 25.3 Å². The van der Waals surface area contributed by atoms with E-state index < -0.39 is 0 Å². The van der Waals surface area contributed by atoms with E-state index in [0.717, 1.165) is 37.6 Å². The average Bonchev–Trinajstić information content (AvgIpc) is 3.10. The zero-order chi connectivity index (χ0) is 16.8. The fourth-order valence-electron chi connectivity index (χ4n) is 2.90. The number of benzene rings is 1. The van der Waals surface area contributed by atoms with Crippen molar-refractivity contribution in [3.8, 4) is 0 Å². The van der Waals surface area contributed by atoms with Crippen LogP contribution in [0.2, 0.25) is 0 Å². The van der Waals surface area contributed by atoms with E-state index in [1.54, 1.807) is 11.3 Å². The van der Waals surface area contributed by atoms with Gasteiger partial charge in [0.25, 0.3) is 0 Å². The highest BCUT2D eigenvalue weighted by Gasteiger charge is 2.23. The molecule has 1 aromatic heterocycles. The van der Waals surface area contributed by atoms with E-state index in [2.05, 4.69) is 32.4 Å². The molecule has 0 bridgehead atoms. The van der Waals surface area contributed by atoms with Gasteiger partial charge in [0.2, 0.25) is 0 Å². The van der Waals surface area contributed by atoms with Crippen LogP contribution in [0, 0.1) is 6.92 Å². The Morgan fingerprint density at radius 3 is 2.88 bits per heavy atom. The number of nitrogens with one attached hydrogen (secondary N) is 2. The second-order valence-corrected chi connectivity index (χ2v) is 6.71. The second kappa shape index (κ2) is 8.28. The Labute approximate surface area is 146 Å². The molecule has 0 radical (unpaired) electrons. The van der Waals surface area contributed by atoms with Crippen LogP contribution in [0.3, 0.4) is 0 Å². The Kier molecular flexibility index (Phi) is 5.85. The summed E-state index contributed by atoms with van der Waals surface area (Å²) in [4.78, 5) is 14.6. The molecule has 24 heavy (non-hydrogen) atoms. The number of rotatable bonds is 5. The summed E-state index contributed by atoms with van der Waals surface area (Å²) >= 11 is 1.68. The van der Waals surface area contributed by atoms with Crippen LogP contribution in [-0.4, -0.2) is 43.8 Å². The molecule has 1 aromatic carbocycles. The maximum atomic E-state index is 12.2. The van der Waals surface area contributed by atoms with E-state index in [1.807, 2.05) is 31.2 Å². The predicted molar refractivity (Wildman–Crippen MR) is 97.7 cm³/mol. The van der Waals surface area contributed by atoms with Crippen molar-refractivity contribution in [3.63, 3.8) is 0 Å². The monoisotopic (exact) mass is 345 g/mol. The van der Waals surface area contributed by atoms with Crippen molar-refractivity contribution in [2.24, 2.45) is 0 Å². The lowest BCUT2D eigenvalue weighted by Crippen LogP contribution is -2.44. The maximum Gasteiger partial charge on any atom is 0.319 e. The van der Waals surface area contributed by atoms with Crippen LogP contribution in [-0.2, 0) is 4.74 Å². The molecule has 1 saturated heterocycles. The van der Waals surface area contributed by atoms with Crippen LogP contribution < -0.4 is 10.6 Å². The smallest absolute Gasteiger partial charge is 0.319 e. The molecule has 1 aliphatic rings. The molecule has 2 N–H and O–H groups in total. The molecule has 0 aliphatic carbocycles. The first-order valence-corrected chi connectivity index (χ1v) is 9.12. The third-order valence-corrected chi connectivity index (χ3v) is 4.85. The standard InChI is InChI=1S/C18H23N3O2S/c1-14-3-2-4-16(11-14)20-18(22)19-12-17(15-5-10-24-13-15)21-6-8-23-9-7-21/h2-5,10-11,13,17H,6-9,12H2,1H3,(H2,19,20,22). The number of aryl methyl sites for hydroxylation is 1. The van der Waals surface area contributed by atoms with Gasteiger partial charge in [-0.2, -0.15) is 11.3 Å². The number of ether oxygens (including phenoxy) is 1. The molecule has 1 unspecified atom stereocenters. The number of nitrogens with zero attached hydrogens (tertiary/aromatic N) is 1. The molecule has 128 valence electrons. The highest BCUT2D eigenvalue weighted by molar-refractivity contribution is 7.07. The third kappa shape index (κ3) is 4.56. The molecular formula is C18H23N3O2S. The molecular weight excluding hydrogens is 322 g/mol. The summed E-state index contributed by atoms with van der Waals surface area (Å²) in [5.74, 6) is 0. The molecule has 1 aliphatic heterocycles. The summed E-state index contributed by atoms with van der Waals surface area (Å²) in [7, 11) is 0. The molecule has 1 fully saturated rings. The van der Waals surface area contributed by atoms with Gasteiger partial charge in [0.15, 0.2) is 0 Å². The number of carbonyl (C=O) groups is 1. The van der Waals surface area contributed by atoms with Crippen molar-refractivity contribution in [2.75, 3.05) is 38.2 Å². The van der Waals surface area contributed by atoms with Gasteiger partial charge in [-0.1, -0.05) is 12.1 Å². The zero-order valence-corrected chi connectivity index (χ0v) is 14.6. The van der Waals surface area contributed by atoms with Crippen molar-refractivity contribution in [2.45, 2.75) is 13.0 Å². The zero-order valence-electron chi connectivity index (χ0n) is 13.8. The normalized spacial score (nSPS) is 16.5. The van der Waals surface area contributed by atoms with Gasteiger partial charge >= 0.3 is 6.03 Å². The van der Waals surface area contributed by atoms with Gasteiger partial charge in [-0.15, -0.1) is 0 Å². The van der Waals surface area contributed by atoms with Gasteiger partial charge in [0.05, 0.1) is 19.3 Å². The van der Waals surface area contributed by atoms with Gasteiger partial charge in [-0.25, -0.2) is 4.79 Å². The quantitative estimate of drug-likeness (QED) is 0.875. The number of morpholine rings is 1. The average molecular weight is 345 g/mol. The summed E-state index contributed by atoms with van der Waals surface area (Å²) in [5.41, 5.74) is 3.18. The Hall–Kier alpha value is -1.89. The number of hydrogen-bond acceptors (Lipinski definition) is 4. The molecule has 0 saturated carbocycles. The van der Waals surface area contributed by atoms with Crippen molar-refractivity contribution < 1.29 is 9.53 Å². The molecule has 0 spiro atoms. The lowest BCUT2D eigenvalue weighted by atomic mass is 10.1. The second-order valence-electron chi connectivity index (χ2n) is 5.93. The van der Waals surface area contributed by atoms with Crippen LogP contribution in [0.4, 0.5) is 10.5 Å². The first kappa shape index (κ1) is 17.0. The molecule has 3 rings (SSSR count). The van der Waals surface area contributed by atoms with E-state index in [1.165, 1.54) is 5.56 Å². The Morgan fingerprint density at radius 2 is 2.17 bits per heavy atom. The summed E-state index contributed by atoms with van der Waals surface area (Å²) in [6.45, 7) is 5.86. The minimum Gasteiger partial charge on any atom is -0.379 e. The van der Waals surface area contributed by atoms with E-state index in [9.17, 15) is 4.79 Å². The molecule has 2 heterocycles. The van der Waals surface area contributed by atoms with Gasteiger partial charge in [0.1, 0.15) is 0 Å². The number of thiophene rings is 1. The van der Waals surface area contributed by atoms with E-state index >= 15 is 0 Å². The van der Waals surface area contributed by atoms with Crippen LogP contribution in [0.25, 0.3) is 0 Å². The van der Waals surface area contributed by atoms with Gasteiger partial charge in [-0.05, 0) is 47.0 Å². The molecule has 2 aromatic rings. The predicted octanol–water partition coefficient (Wildman–Crippen LogP) is 3.25. The highest BCUT2D eigenvalue weighted by atomic mass is 32.1. The molecule has 1 atom stereocenters. The van der Waals surface area contributed by atoms with Gasteiger partial charge in [-0.3, -0.25) is 4.90 Å². The minimum absolute atomic E-state index is 0.172. The van der Waals surface area contributed by atoms with Crippen molar-refractivity contribution in [3.05, 3.63) is 52.2 Å². The molecule has 2 amide bonds. The van der Waals surface area contributed by atoms with E-state index in [-0.39, 0.29) is 12.1 Å². The van der Waals surface area contributed by atoms with Crippen LogP contribution in [0.15, 0.2) is 41.1 Å². The number of carbonyl (C=O) groups excluding carboxylic acids is 1. The van der Waals surface area contributed by atoms with E-state index in [0.29, 0.717) is 6.54 Å². The third-order valence-electron chi connectivity index (χ3n) is 4.15. The fraction of sp³-hybridized carbons (Fsp3) is 0.389. The number of urea groups is 1. The number of anilines is 1. The maximum absolute atomic E-state index is 12.2. The van der Waals surface area contributed by atoms with Crippen molar-refractivity contribution >= 4 is 23.1 Å². The first-order chi connectivity index (χ1) is 11.7. The van der Waals surface area contributed by atoms with E-state index in [4.69, 9.17) is 4.74 Å². The molecule has 5 nitrogen and oxygen atoms in total. The van der Waals surface area contributed by atoms with Crippen LogP contribution in [0.1, 0.15) is 17.2 Å². The number of amides is 2. The van der Waals surface area contributed by atoms with Gasteiger partial charge < -0.3 is 15.4 Å². The van der Waals surface area contributed by atoms with Crippen molar-refractivity contribution in [1.82, 2.24) is 10.2 Å². The fourth-order valence-corrected chi connectivity index (χ4v) is 3.61. The Morgan fingerprint density at radius 1 is 1.33 bits per heavy atom. The number of hydrogen-bond donors (Lipinski definition) is 2. The lowest BCUT2D eigenvalue weighted by molar-refractivity contribution is 0.0168. The summed E-state index contributed by atoms with van der Waals surface area (Å²) in [5, 5.41) is 10.1. The Balaban J connectivity index is 1.59. The topological polar surface area (TPSA) is 53.6 Å². The van der Waals surface area contributed by atoms with Crippen molar-refractivity contribution in [1.29, 1.82) is 0 Å². The summed E-state index contributed by atoms with van der Waals surface area (Å²) in [6.07, 6.45) is 0. The molecule has 6 heteroatoms. The summed E-state index contributed by atoms with van der Waals surface area (Å²) in [6, 6.07) is 9.94. The summed E-state index contributed by atoms with van der Waals surface area (Å²) < 4.78 is 5.44.